The van der Waals surface area contributed by atoms with E-state index in [1.54, 1.807) is 0 Å². The lowest BCUT2D eigenvalue weighted by Gasteiger charge is -2.33. The zero-order chi connectivity index (χ0) is 17.4. The summed E-state index contributed by atoms with van der Waals surface area (Å²) >= 11 is 0. The predicted molar refractivity (Wildman–Crippen MR) is 94.7 cm³/mol. The van der Waals surface area contributed by atoms with Gasteiger partial charge in [0, 0.05) is 19.1 Å². The molecule has 2 aromatic rings. The van der Waals surface area contributed by atoms with Crippen LogP contribution in [0.2, 0.25) is 0 Å². The summed E-state index contributed by atoms with van der Waals surface area (Å²) in [7, 11) is 0. The maximum absolute atomic E-state index is 12.0. The lowest BCUT2D eigenvalue weighted by atomic mass is 9.75. The van der Waals surface area contributed by atoms with Crippen molar-refractivity contribution in [3.8, 4) is 0 Å². The van der Waals surface area contributed by atoms with Crippen molar-refractivity contribution < 1.29 is 14.6 Å². The van der Waals surface area contributed by atoms with Crippen molar-refractivity contribution in [3.63, 3.8) is 0 Å². The minimum absolute atomic E-state index is 0.00650. The summed E-state index contributed by atoms with van der Waals surface area (Å²) in [5.74, 6) is -0.00650. The van der Waals surface area contributed by atoms with Gasteiger partial charge in [0.2, 0.25) is 0 Å². The highest BCUT2D eigenvalue weighted by atomic mass is 16.5. The minimum atomic E-state index is -0.450. The maximum atomic E-state index is 12.0. The molecule has 1 unspecified atom stereocenters. The second kappa shape index (κ2) is 8.50. The van der Waals surface area contributed by atoms with Crippen molar-refractivity contribution in [2.75, 3.05) is 13.2 Å². The first-order valence-electron chi connectivity index (χ1n) is 8.13. The van der Waals surface area contributed by atoms with Gasteiger partial charge in [0.1, 0.15) is 6.61 Å². The van der Waals surface area contributed by atoms with Crippen LogP contribution in [0.1, 0.15) is 30.9 Å². The first kappa shape index (κ1) is 18.0. The lowest BCUT2D eigenvalue weighted by molar-refractivity contribution is 0.118. The van der Waals surface area contributed by atoms with E-state index >= 15 is 0 Å². The first-order chi connectivity index (χ1) is 11.5. The fourth-order valence-corrected chi connectivity index (χ4v) is 2.60. The van der Waals surface area contributed by atoms with E-state index in [0.717, 1.165) is 11.1 Å². The summed E-state index contributed by atoms with van der Waals surface area (Å²) in [6, 6.07) is 19.5. The summed E-state index contributed by atoms with van der Waals surface area (Å²) in [6.45, 7) is 4.66. The van der Waals surface area contributed by atoms with E-state index in [2.05, 4.69) is 5.32 Å². The van der Waals surface area contributed by atoms with Gasteiger partial charge in [-0.3, -0.25) is 0 Å². The van der Waals surface area contributed by atoms with Gasteiger partial charge in [-0.1, -0.05) is 74.5 Å². The van der Waals surface area contributed by atoms with Gasteiger partial charge in [-0.05, 0) is 16.5 Å². The predicted octanol–water partition coefficient (Wildman–Crippen LogP) is 3.72. The quantitative estimate of drug-likeness (QED) is 0.815. The van der Waals surface area contributed by atoms with Gasteiger partial charge < -0.3 is 15.2 Å². The Kier molecular flexibility index (Phi) is 6.38. The molecular weight excluding hydrogens is 302 g/mol. The zero-order valence-corrected chi connectivity index (χ0v) is 14.2. The number of carbonyl (C=O) groups is 1. The third-order valence-electron chi connectivity index (χ3n) is 4.22. The molecule has 128 valence electrons. The fourth-order valence-electron chi connectivity index (χ4n) is 2.60. The van der Waals surface area contributed by atoms with Crippen LogP contribution < -0.4 is 5.32 Å². The number of rotatable bonds is 7. The minimum Gasteiger partial charge on any atom is -0.445 e. The van der Waals surface area contributed by atoms with Crippen LogP contribution in [0.3, 0.4) is 0 Å². The van der Waals surface area contributed by atoms with Gasteiger partial charge >= 0.3 is 6.09 Å². The molecule has 4 heteroatoms. The number of alkyl carbamates (subject to hydrolysis) is 1. The van der Waals surface area contributed by atoms with E-state index in [-0.39, 0.29) is 24.5 Å². The molecule has 2 rings (SSSR count). The maximum Gasteiger partial charge on any atom is 0.407 e. The number of hydrogen-bond acceptors (Lipinski definition) is 3. The van der Waals surface area contributed by atoms with Gasteiger partial charge in [0.15, 0.2) is 0 Å². The largest absolute Gasteiger partial charge is 0.445 e. The molecule has 0 saturated heterocycles. The zero-order valence-electron chi connectivity index (χ0n) is 14.2. The average molecular weight is 327 g/mol. The van der Waals surface area contributed by atoms with Crippen molar-refractivity contribution in [1.82, 2.24) is 5.32 Å². The van der Waals surface area contributed by atoms with Crippen LogP contribution in [0, 0.1) is 5.41 Å². The Balaban J connectivity index is 1.94. The molecule has 0 saturated carbocycles. The highest BCUT2D eigenvalue weighted by Gasteiger charge is 2.30. The van der Waals surface area contributed by atoms with Crippen LogP contribution in [0.25, 0.3) is 0 Å². The van der Waals surface area contributed by atoms with E-state index in [1.807, 2.05) is 74.5 Å². The first-order valence-corrected chi connectivity index (χ1v) is 8.13. The van der Waals surface area contributed by atoms with E-state index in [4.69, 9.17) is 4.74 Å². The molecule has 0 radical (unpaired) electrons. The SMILES string of the molecule is CC(C)(CO)C(CNC(=O)OCc1ccccc1)c1ccccc1. The molecule has 0 spiro atoms. The molecule has 0 aliphatic heterocycles. The number of hydrogen-bond donors (Lipinski definition) is 2. The van der Waals surface area contributed by atoms with E-state index in [1.165, 1.54) is 0 Å². The van der Waals surface area contributed by atoms with Crippen molar-refractivity contribution in [2.45, 2.75) is 26.4 Å². The molecule has 0 aliphatic carbocycles. The van der Waals surface area contributed by atoms with Gasteiger partial charge in [0.05, 0.1) is 0 Å². The number of nitrogens with one attached hydrogen (secondary N) is 1. The molecule has 2 N–H and O–H groups in total. The molecule has 1 atom stereocenters. The van der Waals surface area contributed by atoms with Crippen LogP contribution in [0.15, 0.2) is 60.7 Å². The highest BCUT2D eigenvalue weighted by molar-refractivity contribution is 5.67. The fraction of sp³-hybridized carbons (Fsp3) is 0.350. The Hall–Kier alpha value is -2.33. The number of amides is 1. The Bertz CT molecular complexity index is 626. The number of carbonyl (C=O) groups excluding carboxylic acids is 1. The smallest absolute Gasteiger partial charge is 0.407 e. The summed E-state index contributed by atoms with van der Waals surface area (Å²) in [6.07, 6.45) is -0.450. The third kappa shape index (κ3) is 5.10. The van der Waals surface area contributed by atoms with Gasteiger partial charge in [-0.2, -0.15) is 0 Å². The monoisotopic (exact) mass is 327 g/mol. The standard InChI is InChI=1S/C20H25NO3/c1-20(2,15-22)18(17-11-7-4-8-12-17)13-21-19(23)24-14-16-9-5-3-6-10-16/h3-12,18,22H,13-15H2,1-2H3,(H,21,23). The van der Waals surface area contributed by atoms with Crippen molar-refractivity contribution >= 4 is 6.09 Å². The van der Waals surface area contributed by atoms with Gasteiger partial charge in [-0.25, -0.2) is 4.79 Å². The Morgan fingerprint density at radius 1 is 1.08 bits per heavy atom. The van der Waals surface area contributed by atoms with Crippen LogP contribution in [-0.4, -0.2) is 24.4 Å². The molecule has 0 heterocycles. The normalized spacial score (nSPS) is 12.5. The second-order valence-electron chi connectivity index (χ2n) is 6.55. The number of ether oxygens (including phenoxy) is 1. The molecule has 24 heavy (non-hydrogen) atoms. The van der Waals surface area contributed by atoms with Gasteiger partial charge in [-0.15, -0.1) is 0 Å². The molecule has 2 aromatic carbocycles. The Labute approximate surface area is 143 Å². The molecule has 0 bridgehead atoms. The van der Waals surface area contributed by atoms with Crippen molar-refractivity contribution in [3.05, 3.63) is 71.8 Å². The summed E-state index contributed by atoms with van der Waals surface area (Å²) in [4.78, 5) is 12.0. The summed E-state index contributed by atoms with van der Waals surface area (Å²) in [5.41, 5.74) is 1.68. The van der Waals surface area contributed by atoms with Crippen molar-refractivity contribution in [1.29, 1.82) is 0 Å². The topological polar surface area (TPSA) is 58.6 Å². The van der Waals surface area contributed by atoms with Crippen LogP contribution >= 0.6 is 0 Å². The molecule has 1 amide bonds. The third-order valence-corrected chi connectivity index (χ3v) is 4.22. The van der Waals surface area contributed by atoms with E-state index < -0.39 is 6.09 Å². The number of aliphatic hydroxyl groups is 1. The highest BCUT2D eigenvalue weighted by Crippen LogP contribution is 2.34. The Morgan fingerprint density at radius 2 is 1.67 bits per heavy atom. The van der Waals surface area contributed by atoms with E-state index in [9.17, 15) is 9.90 Å². The molecular formula is C20H25NO3. The van der Waals surface area contributed by atoms with Crippen LogP contribution in [-0.2, 0) is 11.3 Å². The Morgan fingerprint density at radius 3 is 2.25 bits per heavy atom. The summed E-state index contributed by atoms with van der Waals surface area (Å²) in [5, 5.41) is 12.5. The lowest BCUT2D eigenvalue weighted by Crippen LogP contribution is -2.37. The van der Waals surface area contributed by atoms with Crippen molar-refractivity contribution in [2.24, 2.45) is 5.41 Å². The van der Waals surface area contributed by atoms with Crippen LogP contribution in [0.5, 0.6) is 0 Å². The molecule has 0 aliphatic rings. The van der Waals surface area contributed by atoms with Crippen LogP contribution in [0.4, 0.5) is 4.79 Å². The number of aliphatic hydroxyl groups excluding tert-OH is 1. The molecule has 0 fully saturated rings. The van der Waals surface area contributed by atoms with E-state index in [0.29, 0.717) is 6.54 Å². The summed E-state index contributed by atoms with van der Waals surface area (Å²) < 4.78 is 5.25. The number of benzene rings is 2. The second-order valence-corrected chi connectivity index (χ2v) is 6.55. The molecule has 4 nitrogen and oxygen atoms in total. The average Bonchev–Trinajstić information content (AvgIpc) is 2.62. The van der Waals surface area contributed by atoms with Gasteiger partial charge in [0.25, 0.3) is 0 Å². The molecule has 0 aromatic heterocycles.